The lowest BCUT2D eigenvalue weighted by Crippen LogP contribution is -2.34. The monoisotopic (exact) mass is 272 g/mol. The third kappa shape index (κ3) is 7.19. The number of rotatable bonds is 8. The van der Waals surface area contributed by atoms with E-state index in [1.807, 2.05) is 27.7 Å². The van der Waals surface area contributed by atoms with Crippen LogP contribution in [-0.4, -0.2) is 23.1 Å². The van der Waals surface area contributed by atoms with Crippen LogP contribution in [-0.2, 0) is 14.3 Å². The van der Waals surface area contributed by atoms with Crippen molar-refractivity contribution in [2.45, 2.75) is 60.5 Å². The Hall–Kier alpha value is -1.06. The number of ether oxygens (including phenoxy) is 1. The third-order valence-electron chi connectivity index (χ3n) is 2.91. The number of carboxylic acid groups (broad SMARTS) is 1. The van der Waals surface area contributed by atoms with Crippen LogP contribution < -0.4 is 0 Å². The maximum atomic E-state index is 12.1. The molecule has 0 aromatic heterocycles. The molecule has 2 atom stereocenters. The van der Waals surface area contributed by atoms with Gasteiger partial charge in [-0.25, -0.2) is 0 Å². The van der Waals surface area contributed by atoms with Crippen molar-refractivity contribution in [2.24, 2.45) is 23.7 Å². The Labute approximate surface area is 116 Å². The van der Waals surface area contributed by atoms with Gasteiger partial charge in [0, 0.05) is 0 Å². The Kier molecular flexibility index (Phi) is 7.72. The van der Waals surface area contributed by atoms with Gasteiger partial charge in [0.05, 0.1) is 17.9 Å². The lowest BCUT2D eigenvalue weighted by molar-refractivity contribution is -0.162. The molecule has 0 saturated heterocycles. The van der Waals surface area contributed by atoms with Crippen molar-refractivity contribution in [1.82, 2.24) is 0 Å². The fourth-order valence-electron chi connectivity index (χ4n) is 2.20. The molecule has 0 aliphatic carbocycles. The molecule has 4 heteroatoms. The highest BCUT2D eigenvalue weighted by molar-refractivity contribution is 5.81. The molecule has 0 aromatic rings. The van der Waals surface area contributed by atoms with E-state index in [4.69, 9.17) is 4.74 Å². The Morgan fingerprint density at radius 2 is 1.32 bits per heavy atom. The van der Waals surface area contributed by atoms with Gasteiger partial charge in [-0.3, -0.25) is 9.59 Å². The topological polar surface area (TPSA) is 63.6 Å². The molecule has 0 spiro atoms. The molecule has 0 amide bonds. The Morgan fingerprint density at radius 3 is 1.63 bits per heavy atom. The lowest BCUT2D eigenvalue weighted by atomic mass is 9.81. The van der Waals surface area contributed by atoms with Gasteiger partial charge in [-0.05, 0) is 38.5 Å². The molecule has 0 saturated carbocycles. The van der Waals surface area contributed by atoms with Gasteiger partial charge in [0.1, 0.15) is 0 Å². The maximum absolute atomic E-state index is 12.1. The average Bonchev–Trinajstić information content (AvgIpc) is 2.20. The minimum Gasteiger partial charge on any atom is -0.481 e. The van der Waals surface area contributed by atoms with E-state index in [1.54, 1.807) is 13.8 Å². The Bertz CT molecular complexity index is 295. The first-order valence-corrected chi connectivity index (χ1v) is 7.08. The molecule has 0 aliphatic rings. The molecule has 0 fully saturated rings. The molecule has 19 heavy (non-hydrogen) atoms. The Balaban J connectivity index is 5.05. The fourth-order valence-corrected chi connectivity index (χ4v) is 2.20. The number of aliphatic carboxylic acids is 1. The zero-order valence-electron chi connectivity index (χ0n) is 13.0. The largest absolute Gasteiger partial charge is 0.481 e. The first kappa shape index (κ1) is 17.9. The highest BCUT2D eigenvalue weighted by atomic mass is 16.5. The van der Waals surface area contributed by atoms with Crippen LogP contribution in [0.5, 0.6) is 0 Å². The van der Waals surface area contributed by atoms with Gasteiger partial charge in [-0.1, -0.05) is 27.7 Å². The number of carbonyl (C=O) groups is 2. The smallest absolute Gasteiger partial charge is 0.310 e. The van der Waals surface area contributed by atoms with E-state index in [-0.39, 0.29) is 23.9 Å². The SMILES string of the molecule is CC(C)CC(C(=O)O)C(CC(C)C)C(=O)OC(C)C. The maximum Gasteiger partial charge on any atom is 0.310 e. The number of carboxylic acids is 1. The van der Waals surface area contributed by atoms with Crippen molar-refractivity contribution in [3.63, 3.8) is 0 Å². The van der Waals surface area contributed by atoms with E-state index in [9.17, 15) is 14.7 Å². The summed E-state index contributed by atoms with van der Waals surface area (Å²) in [6, 6.07) is 0. The summed E-state index contributed by atoms with van der Waals surface area (Å²) in [6.07, 6.45) is 0.838. The van der Waals surface area contributed by atoms with Crippen molar-refractivity contribution in [2.75, 3.05) is 0 Å². The van der Waals surface area contributed by atoms with Crippen LogP contribution in [0.15, 0.2) is 0 Å². The zero-order chi connectivity index (χ0) is 15.2. The minimum absolute atomic E-state index is 0.212. The van der Waals surface area contributed by atoms with E-state index in [1.165, 1.54) is 0 Å². The average molecular weight is 272 g/mol. The summed E-state index contributed by atoms with van der Waals surface area (Å²) in [5.41, 5.74) is 0. The van der Waals surface area contributed by atoms with Crippen molar-refractivity contribution < 1.29 is 19.4 Å². The summed E-state index contributed by atoms with van der Waals surface area (Å²) >= 11 is 0. The molecule has 0 heterocycles. The summed E-state index contributed by atoms with van der Waals surface area (Å²) in [5.74, 6) is -1.99. The predicted octanol–water partition coefficient (Wildman–Crippen LogP) is 3.35. The first-order valence-electron chi connectivity index (χ1n) is 7.08. The van der Waals surface area contributed by atoms with E-state index in [2.05, 4.69) is 0 Å². The van der Waals surface area contributed by atoms with Crippen LogP contribution in [0, 0.1) is 23.7 Å². The number of carbonyl (C=O) groups excluding carboxylic acids is 1. The number of hydrogen-bond acceptors (Lipinski definition) is 3. The lowest BCUT2D eigenvalue weighted by Gasteiger charge is -2.26. The highest BCUT2D eigenvalue weighted by Crippen LogP contribution is 2.28. The number of hydrogen-bond donors (Lipinski definition) is 1. The zero-order valence-corrected chi connectivity index (χ0v) is 13.0. The van der Waals surface area contributed by atoms with E-state index < -0.39 is 17.8 Å². The summed E-state index contributed by atoms with van der Waals surface area (Å²) in [5, 5.41) is 9.38. The van der Waals surface area contributed by atoms with E-state index in [0.29, 0.717) is 12.8 Å². The molecule has 1 N–H and O–H groups in total. The second-order valence-corrected chi connectivity index (χ2v) is 6.30. The van der Waals surface area contributed by atoms with Crippen molar-refractivity contribution in [3.8, 4) is 0 Å². The quantitative estimate of drug-likeness (QED) is 0.688. The molecule has 0 aromatic carbocycles. The van der Waals surface area contributed by atoms with Crippen LogP contribution in [0.25, 0.3) is 0 Å². The molecule has 112 valence electrons. The Morgan fingerprint density at radius 1 is 0.895 bits per heavy atom. The van der Waals surface area contributed by atoms with Crippen LogP contribution in [0.2, 0.25) is 0 Å². The molecular formula is C15H28O4. The van der Waals surface area contributed by atoms with Crippen molar-refractivity contribution >= 4 is 11.9 Å². The summed E-state index contributed by atoms with van der Waals surface area (Å²) in [6.45, 7) is 11.5. The van der Waals surface area contributed by atoms with Crippen LogP contribution in [0.3, 0.4) is 0 Å². The molecule has 2 unspecified atom stereocenters. The van der Waals surface area contributed by atoms with Gasteiger partial charge in [-0.2, -0.15) is 0 Å². The fraction of sp³-hybridized carbons (Fsp3) is 0.867. The molecule has 0 bridgehead atoms. The van der Waals surface area contributed by atoms with E-state index in [0.717, 1.165) is 0 Å². The number of esters is 1. The van der Waals surface area contributed by atoms with Gasteiger partial charge in [0.15, 0.2) is 0 Å². The standard InChI is InChI=1S/C15H28O4/c1-9(2)7-12(14(16)17)13(8-10(3)4)15(18)19-11(5)6/h9-13H,7-8H2,1-6H3,(H,16,17). The molecular weight excluding hydrogens is 244 g/mol. The second kappa shape index (κ2) is 8.18. The predicted molar refractivity (Wildman–Crippen MR) is 74.8 cm³/mol. The highest BCUT2D eigenvalue weighted by Gasteiger charge is 2.35. The van der Waals surface area contributed by atoms with Gasteiger partial charge in [0.25, 0.3) is 0 Å². The van der Waals surface area contributed by atoms with E-state index >= 15 is 0 Å². The van der Waals surface area contributed by atoms with Crippen molar-refractivity contribution in [3.05, 3.63) is 0 Å². The van der Waals surface area contributed by atoms with Gasteiger partial charge < -0.3 is 9.84 Å². The van der Waals surface area contributed by atoms with Gasteiger partial charge in [0.2, 0.25) is 0 Å². The molecule has 4 nitrogen and oxygen atoms in total. The van der Waals surface area contributed by atoms with Crippen molar-refractivity contribution in [1.29, 1.82) is 0 Å². The minimum atomic E-state index is -0.903. The van der Waals surface area contributed by atoms with Crippen LogP contribution in [0.1, 0.15) is 54.4 Å². The second-order valence-electron chi connectivity index (χ2n) is 6.30. The van der Waals surface area contributed by atoms with Gasteiger partial charge >= 0.3 is 11.9 Å². The van der Waals surface area contributed by atoms with Crippen LogP contribution in [0.4, 0.5) is 0 Å². The summed E-state index contributed by atoms with van der Waals surface area (Å²) in [7, 11) is 0. The molecule has 0 aliphatic heterocycles. The third-order valence-corrected chi connectivity index (χ3v) is 2.91. The molecule has 0 radical (unpaired) electrons. The normalized spacial score (nSPS) is 14.8. The summed E-state index contributed by atoms with van der Waals surface area (Å²) < 4.78 is 5.22. The molecule has 0 rings (SSSR count). The summed E-state index contributed by atoms with van der Waals surface area (Å²) in [4.78, 5) is 23.6. The first-order chi connectivity index (χ1) is 8.65. The van der Waals surface area contributed by atoms with Crippen LogP contribution >= 0.6 is 0 Å². The van der Waals surface area contributed by atoms with Gasteiger partial charge in [-0.15, -0.1) is 0 Å².